The van der Waals surface area contributed by atoms with Crippen LogP contribution in [0, 0.1) is 34.5 Å². The molecule has 0 aromatic carbocycles. The molecule has 116 valence electrons. The highest BCUT2D eigenvalue weighted by Crippen LogP contribution is 2.65. The van der Waals surface area contributed by atoms with Crippen LogP contribution >= 0.6 is 0 Å². The predicted molar refractivity (Wildman–Crippen MR) is 83.3 cm³/mol. The van der Waals surface area contributed by atoms with Gasteiger partial charge in [0.2, 0.25) is 0 Å². The van der Waals surface area contributed by atoms with Crippen LogP contribution in [0.15, 0.2) is 24.3 Å². The minimum absolute atomic E-state index is 0.287. The largest absolute Gasteiger partial charge is 0.365 e. The highest BCUT2D eigenvalue weighted by atomic mass is 16.5. The van der Waals surface area contributed by atoms with Crippen LogP contribution in [0.4, 0.5) is 0 Å². The Hall–Kier alpha value is -0.600. The van der Waals surface area contributed by atoms with Gasteiger partial charge in [0.25, 0.3) is 0 Å². The molecule has 0 aliphatic heterocycles. The number of rotatable bonds is 0. The molecule has 2 fully saturated rings. The fourth-order valence-corrected chi connectivity index (χ4v) is 6.19. The molecule has 2 heteroatoms. The second-order valence-electron chi connectivity index (χ2n) is 8.44. The molecule has 0 aromatic heterocycles. The zero-order valence-corrected chi connectivity index (χ0v) is 13.3. The third-order valence-electron chi connectivity index (χ3n) is 7.73. The van der Waals surface area contributed by atoms with Gasteiger partial charge in [0.05, 0.1) is 0 Å². The monoisotopic (exact) mass is 288 g/mol. The first-order valence-corrected chi connectivity index (χ1v) is 8.69. The van der Waals surface area contributed by atoms with Crippen LogP contribution in [-0.4, -0.2) is 16.0 Å². The summed E-state index contributed by atoms with van der Waals surface area (Å²) in [6.07, 6.45) is 15.8. The maximum Gasteiger partial charge on any atom is 0.168 e. The van der Waals surface area contributed by atoms with Crippen molar-refractivity contribution >= 4 is 0 Å². The lowest BCUT2D eigenvalue weighted by atomic mass is 9.48. The normalized spacial score (nSPS) is 53.9. The fraction of sp³-hybridized carbons (Fsp3) is 0.789. The molecule has 4 rings (SSSR count). The number of hydrogen-bond acceptors (Lipinski definition) is 2. The van der Waals surface area contributed by atoms with Gasteiger partial charge < -0.3 is 10.2 Å². The highest BCUT2D eigenvalue weighted by molar-refractivity contribution is 5.23. The molecule has 0 amide bonds. The Kier molecular flexibility index (Phi) is 2.83. The van der Waals surface area contributed by atoms with Crippen molar-refractivity contribution in [2.75, 3.05) is 0 Å². The summed E-state index contributed by atoms with van der Waals surface area (Å²) in [4.78, 5) is 0. The van der Waals surface area contributed by atoms with E-state index in [0.29, 0.717) is 30.1 Å². The maximum atomic E-state index is 10.5. The number of fused-ring (bicyclic) bond motifs is 5. The summed E-state index contributed by atoms with van der Waals surface area (Å²) in [5.41, 5.74) is -0.0325. The van der Waals surface area contributed by atoms with E-state index >= 15 is 0 Å². The van der Waals surface area contributed by atoms with Crippen LogP contribution in [0.5, 0.6) is 0 Å². The second-order valence-corrected chi connectivity index (χ2v) is 8.44. The van der Waals surface area contributed by atoms with E-state index in [9.17, 15) is 10.2 Å². The summed E-state index contributed by atoms with van der Waals surface area (Å²) in [6, 6.07) is 0. The lowest BCUT2D eigenvalue weighted by Crippen LogP contribution is -2.54. The van der Waals surface area contributed by atoms with Gasteiger partial charge in [-0.05, 0) is 61.2 Å². The van der Waals surface area contributed by atoms with Crippen molar-refractivity contribution < 1.29 is 10.2 Å². The molecule has 0 aromatic rings. The van der Waals surface area contributed by atoms with Crippen molar-refractivity contribution in [2.24, 2.45) is 34.5 Å². The van der Waals surface area contributed by atoms with Gasteiger partial charge in [-0.1, -0.05) is 38.2 Å². The molecular weight excluding hydrogens is 260 g/mol. The lowest BCUT2D eigenvalue weighted by Gasteiger charge is -2.57. The van der Waals surface area contributed by atoms with Crippen molar-refractivity contribution in [1.29, 1.82) is 0 Å². The first kappa shape index (κ1) is 14.0. The van der Waals surface area contributed by atoms with E-state index in [1.807, 2.05) is 0 Å². The van der Waals surface area contributed by atoms with E-state index < -0.39 is 5.79 Å². The van der Waals surface area contributed by atoms with Crippen molar-refractivity contribution in [3.63, 3.8) is 0 Å². The third-order valence-corrected chi connectivity index (χ3v) is 7.73. The Bertz CT molecular complexity index is 506. The van der Waals surface area contributed by atoms with Gasteiger partial charge in [0.15, 0.2) is 5.79 Å². The molecule has 4 aliphatic carbocycles. The molecule has 0 heterocycles. The van der Waals surface area contributed by atoms with Crippen molar-refractivity contribution in [3.05, 3.63) is 24.3 Å². The van der Waals surface area contributed by atoms with Crippen molar-refractivity contribution in [3.8, 4) is 0 Å². The molecule has 4 aliphatic rings. The molecule has 0 radical (unpaired) electrons. The van der Waals surface area contributed by atoms with Gasteiger partial charge in [0.1, 0.15) is 0 Å². The average Bonchev–Trinajstić information content (AvgIpc) is 2.69. The summed E-state index contributed by atoms with van der Waals surface area (Å²) >= 11 is 0. The first-order valence-electron chi connectivity index (χ1n) is 8.69. The number of hydrogen-bond donors (Lipinski definition) is 2. The van der Waals surface area contributed by atoms with E-state index in [1.165, 1.54) is 12.8 Å². The number of aliphatic hydroxyl groups is 2. The third kappa shape index (κ3) is 1.66. The maximum absolute atomic E-state index is 10.5. The Morgan fingerprint density at radius 2 is 1.71 bits per heavy atom. The average molecular weight is 288 g/mol. The summed E-state index contributed by atoms with van der Waals surface area (Å²) in [5, 5.41) is 20.9. The summed E-state index contributed by atoms with van der Waals surface area (Å²) in [6.45, 7) is 4.55. The van der Waals surface area contributed by atoms with E-state index in [1.54, 1.807) is 0 Å². The summed E-state index contributed by atoms with van der Waals surface area (Å²) in [7, 11) is 0. The van der Waals surface area contributed by atoms with Crippen molar-refractivity contribution in [2.45, 2.75) is 58.2 Å². The van der Waals surface area contributed by atoms with E-state index in [4.69, 9.17) is 0 Å². The predicted octanol–water partition coefficient (Wildman–Crippen LogP) is 3.65. The first-order chi connectivity index (χ1) is 9.88. The van der Waals surface area contributed by atoms with Crippen LogP contribution in [0.1, 0.15) is 52.4 Å². The number of allylic oxidation sites excluding steroid dienone is 4. The van der Waals surface area contributed by atoms with Gasteiger partial charge in [-0.25, -0.2) is 0 Å². The molecule has 0 saturated heterocycles. The van der Waals surface area contributed by atoms with Gasteiger partial charge in [-0.3, -0.25) is 0 Å². The van der Waals surface area contributed by atoms with Gasteiger partial charge in [-0.2, -0.15) is 0 Å². The highest BCUT2D eigenvalue weighted by Gasteiger charge is 2.63. The van der Waals surface area contributed by atoms with Crippen LogP contribution in [0.3, 0.4) is 0 Å². The zero-order valence-electron chi connectivity index (χ0n) is 13.3. The zero-order chi connectivity index (χ0) is 14.9. The summed E-state index contributed by atoms with van der Waals surface area (Å²) in [5.74, 6) is 0.847. The van der Waals surface area contributed by atoms with E-state index in [2.05, 4.69) is 38.2 Å². The quantitative estimate of drug-likeness (QED) is 0.527. The summed E-state index contributed by atoms with van der Waals surface area (Å²) < 4.78 is 0. The van der Waals surface area contributed by atoms with Crippen molar-refractivity contribution in [1.82, 2.24) is 0 Å². The topological polar surface area (TPSA) is 40.5 Å². The van der Waals surface area contributed by atoms with E-state index in [-0.39, 0.29) is 10.8 Å². The minimum Gasteiger partial charge on any atom is -0.365 e. The van der Waals surface area contributed by atoms with Crippen LogP contribution in [0.25, 0.3) is 0 Å². The molecule has 0 bridgehead atoms. The van der Waals surface area contributed by atoms with Gasteiger partial charge in [-0.15, -0.1) is 0 Å². The van der Waals surface area contributed by atoms with Crippen LogP contribution in [-0.2, 0) is 0 Å². The standard InChI is InChI=1S/C19H28O2/c1-17-10-4-3-5-13(17)6-7-14-15(17)8-11-18(2)16(14)9-12-19(18,20)21/h4,6-7,10,13-16,20-21H,3,5,8-9,11-12H2,1-2H3/t13?,14-,15-,16+,17+,18+/m1/s1. The fourth-order valence-electron chi connectivity index (χ4n) is 6.19. The molecule has 21 heavy (non-hydrogen) atoms. The Morgan fingerprint density at radius 3 is 2.52 bits per heavy atom. The Morgan fingerprint density at radius 1 is 0.952 bits per heavy atom. The molecule has 1 unspecified atom stereocenters. The van der Waals surface area contributed by atoms with Gasteiger partial charge in [0, 0.05) is 11.8 Å². The van der Waals surface area contributed by atoms with Gasteiger partial charge >= 0.3 is 0 Å². The second kappa shape index (κ2) is 4.23. The molecule has 6 atom stereocenters. The molecule has 2 saturated carbocycles. The Balaban J connectivity index is 1.73. The van der Waals surface area contributed by atoms with Crippen LogP contribution < -0.4 is 0 Å². The van der Waals surface area contributed by atoms with E-state index in [0.717, 1.165) is 19.3 Å². The molecule has 2 nitrogen and oxygen atoms in total. The SMILES string of the molecule is C[C@]12C=CCCC1C=C[C@@H]1[C@H]2CC[C@@]2(C)[C@H]1CCC2(O)O. The Labute approximate surface area is 127 Å². The molecular formula is C19H28O2. The van der Waals surface area contributed by atoms with Crippen LogP contribution in [0.2, 0.25) is 0 Å². The molecule has 2 N–H and O–H groups in total. The lowest BCUT2D eigenvalue weighted by molar-refractivity contribution is -0.244. The smallest absolute Gasteiger partial charge is 0.168 e. The molecule has 0 spiro atoms. The minimum atomic E-state index is -1.46.